The van der Waals surface area contributed by atoms with Crippen LogP contribution in [0.5, 0.6) is 0 Å². The van der Waals surface area contributed by atoms with Crippen LogP contribution < -0.4 is 10.0 Å². The summed E-state index contributed by atoms with van der Waals surface area (Å²) in [6.45, 7) is -0.284. The standard InChI is InChI=1S/C20H17N3O5S/c24-13-17-7-6-15(12-21-17)20(26)23-29(27,28)18-10-8-16(9-11-18)22-19(25)14-4-2-1-3-5-14/h1-12,24H,13H2,(H,22,25)(H,23,26). The highest BCUT2D eigenvalue weighted by atomic mass is 32.2. The molecule has 0 saturated carbocycles. The van der Waals surface area contributed by atoms with Gasteiger partial charge in [-0.25, -0.2) is 13.1 Å². The van der Waals surface area contributed by atoms with E-state index in [0.717, 1.165) is 0 Å². The first kappa shape index (κ1) is 20.2. The second-order valence-electron chi connectivity index (χ2n) is 5.98. The second-order valence-corrected chi connectivity index (χ2v) is 7.66. The maximum atomic E-state index is 12.4. The van der Waals surface area contributed by atoms with Crippen molar-refractivity contribution in [3.05, 3.63) is 89.7 Å². The van der Waals surface area contributed by atoms with Gasteiger partial charge in [-0.1, -0.05) is 18.2 Å². The fourth-order valence-electron chi connectivity index (χ4n) is 2.40. The normalized spacial score (nSPS) is 10.9. The van der Waals surface area contributed by atoms with Crippen molar-refractivity contribution < 1.29 is 23.1 Å². The third-order valence-corrected chi connectivity index (χ3v) is 5.28. The van der Waals surface area contributed by atoms with Crippen LogP contribution in [-0.2, 0) is 16.6 Å². The van der Waals surface area contributed by atoms with E-state index < -0.39 is 15.9 Å². The van der Waals surface area contributed by atoms with E-state index in [1.54, 1.807) is 30.3 Å². The highest BCUT2D eigenvalue weighted by Crippen LogP contribution is 2.15. The summed E-state index contributed by atoms with van der Waals surface area (Å²) < 4.78 is 26.8. The fraction of sp³-hybridized carbons (Fsp3) is 0.0500. The molecule has 3 N–H and O–H groups in total. The van der Waals surface area contributed by atoms with Gasteiger partial charge in [-0.05, 0) is 48.5 Å². The molecule has 1 aromatic heterocycles. The van der Waals surface area contributed by atoms with E-state index in [4.69, 9.17) is 5.11 Å². The van der Waals surface area contributed by atoms with Gasteiger partial charge >= 0.3 is 0 Å². The Kier molecular flexibility index (Phi) is 6.01. The number of nitrogens with one attached hydrogen (secondary N) is 2. The van der Waals surface area contributed by atoms with E-state index in [1.165, 1.54) is 42.6 Å². The van der Waals surface area contributed by atoms with E-state index in [1.807, 2.05) is 4.72 Å². The van der Waals surface area contributed by atoms with E-state index in [9.17, 15) is 18.0 Å². The Morgan fingerprint density at radius 2 is 1.55 bits per heavy atom. The molecular weight excluding hydrogens is 394 g/mol. The highest BCUT2D eigenvalue weighted by molar-refractivity contribution is 7.90. The molecule has 0 aliphatic rings. The third-order valence-electron chi connectivity index (χ3n) is 3.93. The molecule has 1 heterocycles. The molecule has 2 aromatic carbocycles. The topological polar surface area (TPSA) is 125 Å². The molecule has 3 aromatic rings. The van der Waals surface area contributed by atoms with Gasteiger partial charge in [0.15, 0.2) is 0 Å². The second kappa shape index (κ2) is 8.63. The SMILES string of the molecule is O=C(Nc1ccc(S(=O)(=O)NC(=O)c2ccc(CO)nc2)cc1)c1ccccc1. The maximum absolute atomic E-state index is 12.4. The first-order chi connectivity index (χ1) is 13.9. The van der Waals surface area contributed by atoms with Crippen molar-refractivity contribution in [1.29, 1.82) is 0 Å². The summed E-state index contributed by atoms with van der Waals surface area (Å²) in [7, 11) is -4.11. The summed E-state index contributed by atoms with van der Waals surface area (Å²) in [6.07, 6.45) is 1.18. The molecule has 148 valence electrons. The van der Waals surface area contributed by atoms with Gasteiger partial charge in [0.05, 0.1) is 22.8 Å². The Balaban J connectivity index is 1.69. The van der Waals surface area contributed by atoms with Gasteiger partial charge in [0.25, 0.3) is 21.8 Å². The molecule has 0 radical (unpaired) electrons. The summed E-state index contributed by atoms with van der Waals surface area (Å²) in [5.41, 5.74) is 1.28. The van der Waals surface area contributed by atoms with Gasteiger partial charge in [-0.2, -0.15) is 0 Å². The predicted octanol–water partition coefficient (Wildman–Crippen LogP) is 1.94. The minimum absolute atomic E-state index is 0.0394. The Labute approximate surface area is 167 Å². The van der Waals surface area contributed by atoms with E-state index in [0.29, 0.717) is 16.9 Å². The number of hydrogen-bond acceptors (Lipinski definition) is 6. The number of aliphatic hydroxyl groups is 1. The third kappa shape index (κ3) is 5.03. The van der Waals surface area contributed by atoms with Crippen molar-refractivity contribution in [2.75, 3.05) is 5.32 Å². The van der Waals surface area contributed by atoms with E-state index >= 15 is 0 Å². The zero-order valence-electron chi connectivity index (χ0n) is 15.1. The molecule has 0 atom stereocenters. The molecule has 0 aliphatic carbocycles. The average molecular weight is 411 g/mol. The molecule has 3 rings (SSSR count). The number of aromatic nitrogens is 1. The van der Waals surface area contributed by atoms with Crippen LogP contribution in [0.1, 0.15) is 26.4 Å². The first-order valence-electron chi connectivity index (χ1n) is 8.48. The van der Waals surface area contributed by atoms with Gasteiger partial charge in [-0.3, -0.25) is 14.6 Å². The Hall–Kier alpha value is -3.56. The minimum atomic E-state index is -4.11. The molecule has 0 unspecified atom stereocenters. The summed E-state index contributed by atoms with van der Waals surface area (Å²) >= 11 is 0. The lowest BCUT2D eigenvalue weighted by atomic mass is 10.2. The number of anilines is 1. The Morgan fingerprint density at radius 1 is 0.862 bits per heavy atom. The highest BCUT2D eigenvalue weighted by Gasteiger charge is 2.19. The number of hydrogen-bond donors (Lipinski definition) is 3. The van der Waals surface area contributed by atoms with Crippen LogP contribution in [0.2, 0.25) is 0 Å². The van der Waals surface area contributed by atoms with Crippen LogP contribution in [0, 0.1) is 0 Å². The van der Waals surface area contributed by atoms with Crippen molar-refractivity contribution in [2.45, 2.75) is 11.5 Å². The number of carbonyl (C=O) groups excluding carboxylic acids is 2. The molecule has 0 saturated heterocycles. The van der Waals surface area contributed by atoms with Crippen molar-refractivity contribution in [2.24, 2.45) is 0 Å². The fourth-order valence-corrected chi connectivity index (χ4v) is 3.38. The lowest BCUT2D eigenvalue weighted by Gasteiger charge is -2.09. The van der Waals surface area contributed by atoms with Crippen molar-refractivity contribution in [1.82, 2.24) is 9.71 Å². The number of nitrogens with zero attached hydrogens (tertiary/aromatic N) is 1. The average Bonchev–Trinajstić information content (AvgIpc) is 2.74. The molecule has 0 aliphatic heterocycles. The van der Waals surface area contributed by atoms with Crippen molar-refractivity contribution in [3.8, 4) is 0 Å². The zero-order chi connectivity index (χ0) is 20.9. The van der Waals surface area contributed by atoms with Crippen LogP contribution in [0.25, 0.3) is 0 Å². The number of benzene rings is 2. The van der Waals surface area contributed by atoms with Crippen LogP contribution in [-0.4, -0.2) is 30.3 Å². The number of sulfonamides is 1. The first-order valence-corrected chi connectivity index (χ1v) is 9.97. The van der Waals surface area contributed by atoms with Crippen LogP contribution >= 0.6 is 0 Å². The molecule has 2 amide bonds. The minimum Gasteiger partial charge on any atom is -0.390 e. The number of aliphatic hydroxyl groups excluding tert-OH is 1. The van der Waals surface area contributed by atoms with E-state index in [2.05, 4.69) is 10.3 Å². The zero-order valence-corrected chi connectivity index (χ0v) is 15.9. The summed E-state index contributed by atoms with van der Waals surface area (Å²) in [5, 5.41) is 11.6. The number of amides is 2. The molecule has 0 bridgehead atoms. The quantitative estimate of drug-likeness (QED) is 0.569. The Morgan fingerprint density at radius 3 is 2.14 bits per heavy atom. The molecule has 9 heteroatoms. The summed E-state index contributed by atoms with van der Waals surface area (Å²) in [5.74, 6) is -1.17. The van der Waals surface area contributed by atoms with E-state index in [-0.39, 0.29) is 23.0 Å². The van der Waals surface area contributed by atoms with Crippen molar-refractivity contribution >= 4 is 27.5 Å². The maximum Gasteiger partial charge on any atom is 0.266 e. The molecular formula is C20H17N3O5S. The molecule has 0 spiro atoms. The largest absolute Gasteiger partial charge is 0.390 e. The van der Waals surface area contributed by atoms with Gasteiger partial charge in [0.1, 0.15) is 0 Å². The van der Waals surface area contributed by atoms with Gasteiger partial charge in [0, 0.05) is 17.4 Å². The van der Waals surface area contributed by atoms with Gasteiger partial charge < -0.3 is 10.4 Å². The lowest BCUT2D eigenvalue weighted by molar-refractivity contribution is 0.0979. The summed E-state index contributed by atoms with van der Waals surface area (Å²) in [4.78, 5) is 28.0. The van der Waals surface area contributed by atoms with Crippen molar-refractivity contribution in [3.63, 3.8) is 0 Å². The monoisotopic (exact) mass is 411 g/mol. The van der Waals surface area contributed by atoms with Crippen LogP contribution in [0.3, 0.4) is 0 Å². The smallest absolute Gasteiger partial charge is 0.266 e. The summed E-state index contributed by atoms with van der Waals surface area (Å²) in [6, 6.07) is 16.8. The molecule has 0 fully saturated rings. The molecule has 29 heavy (non-hydrogen) atoms. The molecule has 8 nitrogen and oxygen atoms in total. The van der Waals surface area contributed by atoms with Crippen LogP contribution in [0.15, 0.2) is 77.8 Å². The number of rotatable bonds is 6. The Bertz CT molecular complexity index is 1110. The lowest BCUT2D eigenvalue weighted by Crippen LogP contribution is -2.30. The van der Waals surface area contributed by atoms with Gasteiger partial charge in [-0.15, -0.1) is 0 Å². The number of carbonyl (C=O) groups is 2. The van der Waals surface area contributed by atoms with Crippen LogP contribution in [0.4, 0.5) is 5.69 Å². The van der Waals surface area contributed by atoms with Gasteiger partial charge in [0.2, 0.25) is 0 Å². The predicted molar refractivity (Wildman–Crippen MR) is 106 cm³/mol. The number of pyridine rings is 1.